The van der Waals surface area contributed by atoms with Crippen LogP contribution < -0.4 is 10.6 Å². The van der Waals surface area contributed by atoms with Gasteiger partial charge in [-0.1, -0.05) is 0 Å². The SMILES string of the molecule is Cn1ncc(N)c1N1CCC[C@H](CN(C(=O)O)C(C)(C)C)C1. The van der Waals surface area contributed by atoms with E-state index < -0.39 is 6.09 Å². The molecule has 2 rings (SSSR count). The molecule has 1 aromatic heterocycles. The zero-order valence-electron chi connectivity index (χ0n) is 13.9. The second-order valence-corrected chi connectivity index (χ2v) is 7.07. The van der Waals surface area contributed by atoms with Crippen molar-refractivity contribution in [1.82, 2.24) is 14.7 Å². The van der Waals surface area contributed by atoms with E-state index in [2.05, 4.69) is 10.00 Å². The number of rotatable bonds is 3. The number of aromatic nitrogens is 2. The third kappa shape index (κ3) is 3.45. The third-order valence-corrected chi connectivity index (χ3v) is 4.23. The van der Waals surface area contributed by atoms with Crippen molar-refractivity contribution in [3.63, 3.8) is 0 Å². The van der Waals surface area contributed by atoms with Gasteiger partial charge in [0.2, 0.25) is 0 Å². The minimum atomic E-state index is -0.857. The van der Waals surface area contributed by atoms with Crippen molar-refractivity contribution >= 4 is 17.6 Å². The van der Waals surface area contributed by atoms with Gasteiger partial charge in [-0.25, -0.2) is 4.79 Å². The molecule has 1 amide bonds. The van der Waals surface area contributed by atoms with Gasteiger partial charge >= 0.3 is 6.09 Å². The van der Waals surface area contributed by atoms with Crippen molar-refractivity contribution in [3.8, 4) is 0 Å². The van der Waals surface area contributed by atoms with E-state index >= 15 is 0 Å². The summed E-state index contributed by atoms with van der Waals surface area (Å²) >= 11 is 0. The first-order valence-electron chi connectivity index (χ1n) is 7.73. The lowest BCUT2D eigenvalue weighted by Crippen LogP contribution is -2.50. The van der Waals surface area contributed by atoms with Crippen LogP contribution in [0.25, 0.3) is 0 Å². The highest BCUT2D eigenvalue weighted by molar-refractivity contribution is 5.66. The number of nitrogens with two attached hydrogens (primary N) is 1. The van der Waals surface area contributed by atoms with Crippen LogP contribution in [0.15, 0.2) is 6.20 Å². The van der Waals surface area contributed by atoms with Crippen LogP contribution >= 0.6 is 0 Å². The average Bonchev–Trinajstić information content (AvgIpc) is 2.74. The van der Waals surface area contributed by atoms with Crippen molar-refractivity contribution in [3.05, 3.63) is 6.20 Å². The zero-order chi connectivity index (χ0) is 16.5. The van der Waals surface area contributed by atoms with Crippen molar-refractivity contribution < 1.29 is 9.90 Å². The molecule has 7 nitrogen and oxygen atoms in total. The summed E-state index contributed by atoms with van der Waals surface area (Å²) in [5.74, 6) is 1.24. The maximum absolute atomic E-state index is 11.5. The quantitative estimate of drug-likeness (QED) is 0.891. The molecule has 0 radical (unpaired) electrons. The third-order valence-electron chi connectivity index (χ3n) is 4.23. The van der Waals surface area contributed by atoms with Crippen LogP contribution in [0.2, 0.25) is 0 Å². The molecule has 3 N–H and O–H groups in total. The van der Waals surface area contributed by atoms with Gasteiger partial charge in [0.25, 0.3) is 0 Å². The van der Waals surface area contributed by atoms with Gasteiger partial charge in [-0.15, -0.1) is 0 Å². The van der Waals surface area contributed by atoms with E-state index in [0.29, 0.717) is 18.2 Å². The Hall–Kier alpha value is -1.92. The van der Waals surface area contributed by atoms with E-state index in [1.807, 2.05) is 27.8 Å². The summed E-state index contributed by atoms with van der Waals surface area (Å²) in [6, 6.07) is 0. The van der Waals surface area contributed by atoms with Gasteiger partial charge in [0.05, 0.1) is 11.9 Å². The lowest BCUT2D eigenvalue weighted by molar-refractivity contribution is 0.0864. The molecule has 1 fully saturated rings. The molecule has 1 atom stereocenters. The van der Waals surface area contributed by atoms with Crippen LogP contribution in [0, 0.1) is 5.92 Å². The number of nitrogens with zero attached hydrogens (tertiary/aromatic N) is 4. The van der Waals surface area contributed by atoms with Crippen LogP contribution in [0.4, 0.5) is 16.3 Å². The van der Waals surface area contributed by atoms with E-state index in [1.165, 1.54) is 4.90 Å². The number of anilines is 2. The molecule has 0 saturated carbocycles. The molecular formula is C15H27N5O2. The molecule has 0 aliphatic carbocycles. The minimum absolute atomic E-state index is 0.304. The minimum Gasteiger partial charge on any atom is -0.465 e. The zero-order valence-corrected chi connectivity index (χ0v) is 13.9. The van der Waals surface area contributed by atoms with Gasteiger partial charge in [0, 0.05) is 32.2 Å². The van der Waals surface area contributed by atoms with E-state index in [-0.39, 0.29) is 5.54 Å². The van der Waals surface area contributed by atoms with Crippen molar-refractivity contribution in [2.24, 2.45) is 13.0 Å². The summed E-state index contributed by atoms with van der Waals surface area (Å²) in [5, 5.41) is 13.6. The van der Waals surface area contributed by atoms with Crippen molar-refractivity contribution in [2.75, 3.05) is 30.3 Å². The summed E-state index contributed by atoms with van der Waals surface area (Å²) in [6.07, 6.45) is 2.88. The van der Waals surface area contributed by atoms with Crippen LogP contribution in [0.1, 0.15) is 33.6 Å². The molecule has 0 unspecified atom stereocenters. The Labute approximate surface area is 131 Å². The van der Waals surface area contributed by atoms with Gasteiger partial charge in [0.15, 0.2) is 0 Å². The topological polar surface area (TPSA) is 87.6 Å². The summed E-state index contributed by atoms with van der Waals surface area (Å²) in [5.41, 5.74) is 6.29. The monoisotopic (exact) mass is 309 g/mol. The van der Waals surface area contributed by atoms with Crippen molar-refractivity contribution in [2.45, 2.75) is 39.2 Å². The number of nitrogen functional groups attached to an aromatic ring is 1. The number of hydrogen-bond acceptors (Lipinski definition) is 4. The fourth-order valence-corrected chi connectivity index (χ4v) is 3.14. The Morgan fingerprint density at radius 3 is 2.73 bits per heavy atom. The fourth-order valence-electron chi connectivity index (χ4n) is 3.14. The van der Waals surface area contributed by atoms with Crippen molar-refractivity contribution in [1.29, 1.82) is 0 Å². The Morgan fingerprint density at radius 1 is 1.55 bits per heavy atom. The van der Waals surface area contributed by atoms with Gasteiger partial charge in [-0.05, 0) is 39.5 Å². The number of aryl methyl sites for hydroxylation is 1. The summed E-state index contributed by atoms with van der Waals surface area (Å²) < 4.78 is 1.79. The molecule has 0 bridgehead atoms. The van der Waals surface area contributed by atoms with E-state index in [9.17, 15) is 9.90 Å². The average molecular weight is 309 g/mol. The normalized spacial score (nSPS) is 19.3. The molecule has 1 saturated heterocycles. The molecular weight excluding hydrogens is 282 g/mol. The first-order valence-corrected chi connectivity index (χ1v) is 7.73. The molecule has 0 spiro atoms. The van der Waals surface area contributed by atoms with E-state index in [0.717, 1.165) is 31.7 Å². The molecule has 7 heteroatoms. The predicted molar refractivity (Wildman–Crippen MR) is 87.0 cm³/mol. The summed E-state index contributed by atoms with van der Waals surface area (Å²) in [4.78, 5) is 15.3. The number of amides is 1. The maximum atomic E-state index is 11.5. The van der Waals surface area contributed by atoms with Crippen LogP contribution in [0.5, 0.6) is 0 Å². The number of carboxylic acid groups (broad SMARTS) is 1. The largest absolute Gasteiger partial charge is 0.465 e. The van der Waals surface area contributed by atoms with Crippen LogP contribution in [-0.4, -0.2) is 51.1 Å². The smallest absolute Gasteiger partial charge is 0.407 e. The fraction of sp³-hybridized carbons (Fsp3) is 0.733. The lowest BCUT2D eigenvalue weighted by Gasteiger charge is -2.40. The molecule has 124 valence electrons. The molecule has 1 aliphatic rings. The standard InChI is InChI=1S/C15H27N5O2/c1-15(2,3)20(14(21)22)10-11-6-5-7-19(9-11)13-12(16)8-17-18(13)4/h8,11H,5-7,9-10,16H2,1-4H3,(H,21,22)/t11-/m0/s1. The molecule has 2 heterocycles. The van der Waals surface area contributed by atoms with Crippen LogP contribution in [-0.2, 0) is 7.05 Å². The van der Waals surface area contributed by atoms with E-state index in [4.69, 9.17) is 5.73 Å². The Bertz CT molecular complexity index is 515. The highest BCUT2D eigenvalue weighted by atomic mass is 16.4. The first-order chi connectivity index (χ1) is 10.2. The Balaban J connectivity index is 2.09. The molecule has 1 aromatic rings. The van der Waals surface area contributed by atoms with Crippen LogP contribution in [0.3, 0.4) is 0 Å². The lowest BCUT2D eigenvalue weighted by atomic mass is 9.95. The van der Waals surface area contributed by atoms with E-state index in [1.54, 1.807) is 10.9 Å². The highest BCUT2D eigenvalue weighted by Crippen LogP contribution is 2.28. The first kappa shape index (κ1) is 16.5. The van der Waals surface area contributed by atoms with Gasteiger partial charge < -0.3 is 20.6 Å². The van der Waals surface area contributed by atoms with Gasteiger partial charge in [0.1, 0.15) is 5.82 Å². The second-order valence-electron chi connectivity index (χ2n) is 7.07. The highest BCUT2D eigenvalue weighted by Gasteiger charge is 2.31. The molecule has 0 aromatic carbocycles. The number of carbonyl (C=O) groups is 1. The maximum Gasteiger partial charge on any atom is 0.407 e. The molecule has 22 heavy (non-hydrogen) atoms. The number of hydrogen-bond donors (Lipinski definition) is 2. The summed E-state index contributed by atoms with van der Waals surface area (Å²) in [6.45, 7) is 8.09. The predicted octanol–water partition coefficient (Wildman–Crippen LogP) is 2.00. The Morgan fingerprint density at radius 2 is 2.23 bits per heavy atom. The van der Waals surface area contributed by atoms with Gasteiger partial charge in [-0.2, -0.15) is 5.10 Å². The second kappa shape index (κ2) is 6.06. The molecule has 1 aliphatic heterocycles. The summed E-state index contributed by atoms with van der Waals surface area (Å²) in [7, 11) is 1.88. The number of piperidine rings is 1. The van der Waals surface area contributed by atoms with Gasteiger partial charge in [-0.3, -0.25) is 4.68 Å². The Kier molecular flexibility index (Phi) is 4.53.